The largest absolute Gasteiger partial charge is 0.393 e. The van der Waals surface area contributed by atoms with Gasteiger partial charge in [0.25, 0.3) is 0 Å². The highest BCUT2D eigenvalue weighted by molar-refractivity contribution is 5.39. The minimum atomic E-state index is -0.227. The number of hydrogen-bond acceptors (Lipinski definition) is 2. The molecule has 2 N–H and O–H groups in total. The van der Waals surface area contributed by atoms with Gasteiger partial charge >= 0.3 is 0 Å². The predicted molar refractivity (Wildman–Crippen MR) is 184 cm³/mol. The highest BCUT2D eigenvalue weighted by Crippen LogP contribution is 2.42. The van der Waals surface area contributed by atoms with Gasteiger partial charge in [-0.25, -0.2) is 0 Å². The number of allylic oxidation sites excluding steroid dienone is 20. The lowest BCUT2D eigenvalue weighted by Gasteiger charge is -2.35. The van der Waals surface area contributed by atoms with E-state index in [1.165, 1.54) is 44.6 Å². The van der Waals surface area contributed by atoms with Gasteiger partial charge < -0.3 is 10.2 Å². The first-order valence-corrected chi connectivity index (χ1v) is 15.5. The Morgan fingerprint density at radius 2 is 0.857 bits per heavy atom. The molecule has 2 atom stereocenters. The van der Waals surface area contributed by atoms with Crippen molar-refractivity contribution in [3.8, 4) is 0 Å². The van der Waals surface area contributed by atoms with Crippen molar-refractivity contribution >= 4 is 0 Å². The lowest BCUT2D eigenvalue weighted by atomic mass is 9.71. The van der Waals surface area contributed by atoms with E-state index in [9.17, 15) is 10.2 Å². The normalized spacial score (nSPS) is 25.0. The average molecular weight is 569 g/mol. The molecule has 0 aromatic heterocycles. The molecule has 0 saturated heterocycles. The van der Waals surface area contributed by atoms with E-state index in [1.807, 2.05) is 0 Å². The second-order valence-electron chi connectivity index (χ2n) is 13.7. The third-order valence-electron chi connectivity index (χ3n) is 8.24. The van der Waals surface area contributed by atoms with Crippen LogP contribution in [-0.4, -0.2) is 22.4 Å². The van der Waals surface area contributed by atoms with Crippen LogP contribution in [0.2, 0.25) is 0 Å². The van der Waals surface area contributed by atoms with Crippen LogP contribution in [-0.2, 0) is 0 Å². The van der Waals surface area contributed by atoms with Gasteiger partial charge in [-0.2, -0.15) is 0 Å². The van der Waals surface area contributed by atoms with Crippen molar-refractivity contribution in [1.82, 2.24) is 0 Å². The Morgan fingerprint density at radius 3 is 1.19 bits per heavy atom. The van der Waals surface area contributed by atoms with Crippen molar-refractivity contribution in [2.75, 3.05) is 0 Å². The summed E-state index contributed by atoms with van der Waals surface area (Å²) in [6.45, 7) is 21.6. The van der Waals surface area contributed by atoms with Gasteiger partial charge in [0, 0.05) is 0 Å². The molecular formula is C40H56O2. The molecule has 0 heterocycles. The third kappa shape index (κ3) is 11.7. The van der Waals surface area contributed by atoms with Crippen molar-refractivity contribution in [1.29, 1.82) is 0 Å². The molecule has 2 heteroatoms. The van der Waals surface area contributed by atoms with E-state index in [2.05, 4.69) is 154 Å². The van der Waals surface area contributed by atoms with Crippen molar-refractivity contribution < 1.29 is 10.2 Å². The first-order valence-electron chi connectivity index (χ1n) is 15.5. The number of aliphatic hydroxyl groups excluding tert-OH is 2. The van der Waals surface area contributed by atoms with E-state index in [-0.39, 0.29) is 23.0 Å². The fraction of sp³-hybridized carbons (Fsp3) is 0.450. The summed E-state index contributed by atoms with van der Waals surface area (Å²) in [4.78, 5) is 0. The Morgan fingerprint density at radius 1 is 0.548 bits per heavy atom. The SMILES string of the molecule is CC1=C(/C=C/C(C)=C/C=C/C(C)=C/C=C\C=C(C)\C=C\C=C(C)\C=C\C2=C(C)C[C@H](O)CC2(C)C)C(C)(C)C[C@H](O)C1. The van der Waals surface area contributed by atoms with Crippen LogP contribution >= 0.6 is 0 Å². The number of rotatable bonds is 10. The van der Waals surface area contributed by atoms with Gasteiger partial charge in [-0.1, -0.05) is 146 Å². The monoisotopic (exact) mass is 568 g/mol. The van der Waals surface area contributed by atoms with E-state index < -0.39 is 0 Å². The molecular weight excluding hydrogens is 512 g/mol. The summed E-state index contributed by atoms with van der Waals surface area (Å²) in [5.74, 6) is 0. The smallest absolute Gasteiger partial charge is 0.0585 e. The van der Waals surface area contributed by atoms with Crippen LogP contribution in [0.25, 0.3) is 0 Å². The summed E-state index contributed by atoms with van der Waals surface area (Å²) in [6.07, 6.45) is 32.6. The zero-order valence-corrected chi connectivity index (χ0v) is 28.0. The topological polar surface area (TPSA) is 40.5 Å². The Hall–Kier alpha value is -2.94. The third-order valence-corrected chi connectivity index (χ3v) is 8.24. The molecule has 0 aromatic rings. The van der Waals surface area contributed by atoms with Crippen LogP contribution in [0.15, 0.2) is 130 Å². The van der Waals surface area contributed by atoms with Crippen LogP contribution in [0.1, 0.15) is 94.9 Å². The first-order chi connectivity index (χ1) is 19.6. The molecule has 0 bridgehead atoms. The Bertz CT molecular complexity index is 1190. The van der Waals surface area contributed by atoms with Gasteiger partial charge in [0.1, 0.15) is 0 Å². The van der Waals surface area contributed by atoms with Crippen molar-refractivity contribution in [2.24, 2.45) is 10.8 Å². The number of hydrogen-bond donors (Lipinski definition) is 2. The minimum absolute atomic E-state index is 0.00547. The summed E-state index contributed by atoms with van der Waals surface area (Å²) >= 11 is 0. The fourth-order valence-electron chi connectivity index (χ4n) is 6.13. The van der Waals surface area contributed by atoms with Gasteiger partial charge in [0.05, 0.1) is 12.2 Å². The molecule has 2 aliphatic carbocycles. The lowest BCUT2D eigenvalue weighted by molar-refractivity contribution is 0.116. The van der Waals surface area contributed by atoms with Crippen molar-refractivity contribution in [2.45, 2.75) is 107 Å². The average Bonchev–Trinajstić information content (AvgIpc) is 2.84. The standard InChI is InChI=1S/C40H56O2/c1-29(17-13-19-31(3)21-23-37-33(5)25-35(41)27-39(37,7)8)15-11-12-16-30(2)18-14-20-32(4)22-24-38-34(6)26-36(42)28-40(38,9)10/h11-24,35-36,41-42H,25-28H2,1-10H3/b12-11-,17-13+,18-14+,23-21+,24-22+,29-15+,30-16+,31-19+,32-20+/t35-,36+. The molecule has 0 spiro atoms. The second kappa shape index (κ2) is 16.1. The highest BCUT2D eigenvalue weighted by Gasteiger charge is 2.32. The van der Waals surface area contributed by atoms with E-state index in [4.69, 9.17) is 0 Å². The Kier molecular flexibility index (Phi) is 13.5. The maximum absolute atomic E-state index is 10.1. The minimum Gasteiger partial charge on any atom is -0.393 e. The molecule has 2 nitrogen and oxygen atoms in total. The van der Waals surface area contributed by atoms with E-state index in [0.717, 1.165) is 25.7 Å². The maximum Gasteiger partial charge on any atom is 0.0585 e. The molecule has 0 radical (unpaired) electrons. The van der Waals surface area contributed by atoms with Crippen LogP contribution < -0.4 is 0 Å². The molecule has 0 amide bonds. The summed E-state index contributed by atoms with van der Waals surface area (Å²) in [6, 6.07) is 0. The van der Waals surface area contributed by atoms with Gasteiger partial charge in [-0.3, -0.25) is 0 Å². The Balaban J connectivity index is 1.90. The first kappa shape index (κ1) is 35.3. The van der Waals surface area contributed by atoms with Crippen molar-refractivity contribution in [3.63, 3.8) is 0 Å². The summed E-state index contributed by atoms with van der Waals surface area (Å²) in [7, 11) is 0. The van der Waals surface area contributed by atoms with E-state index >= 15 is 0 Å². The van der Waals surface area contributed by atoms with Crippen molar-refractivity contribution in [3.05, 3.63) is 130 Å². The van der Waals surface area contributed by atoms with Gasteiger partial charge in [0.15, 0.2) is 0 Å². The van der Waals surface area contributed by atoms with E-state index in [0.29, 0.717) is 0 Å². The van der Waals surface area contributed by atoms with Crippen LogP contribution in [0.5, 0.6) is 0 Å². The molecule has 0 aliphatic heterocycles. The van der Waals surface area contributed by atoms with Gasteiger partial charge in [-0.15, -0.1) is 0 Å². The maximum atomic E-state index is 10.1. The van der Waals surface area contributed by atoms with Crippen LogP contribution in [0.3, 0.4) is 0 Å². The molecule has 0 unspecified atom stereocenters. The molecule has 228 valence electrons. The molecule has 0 fully saturated rings. The molecule has 2 aliphatic rings. The van der Waals surface area contributed by atoms with Crippen LogP contribution in [0.4, 0.5) is 0 Å². The highest BCUT2D eigenvalue weighted by atomic mass is 16.3. The zero-order chi connectivity index (χ0) is 31.5. The van der Waals surface area contributed by atoms with Crippen LogP contribution in [0, 0.1) is 10.8 Å². The molecule has 42 heavy (non-hydrogen) atoms. The Labute approximate surface area is 257 Å². The number of aliphatic hydroxyl groups is 2. The molecule has 0 aromatic carbocycles. The summed E-state index contributed by atoms with van der Waals surface area (Å²) in [5.41, 5.74) is 10.1. The van der Waals surface area contributed by atoms with Gasteiger partial charge in [-0.05, 0) is 89.2 Å². The zero-order valence-electron chi connectivity index (χ0n) is 28.0. The fourth-order valence-corrected chi connectivity index (χ4v) is 6.13. The summed E-state index contributed by atoms with van der Waals surface area (Å²) < 4.78 is 0. The quantitative estimate of drug-likeness (QED) is 0.257. The summed E-state index contributed by atoms with van der Waals surface area (Å²) in [5, 5.41) is 20.2. The second-order valence-corrected chi connectivity index (χ2v) is 13.7. The van der Waals surface area contributed by atoms with E-state index in [1.54, 1.807) is 0 Å². The van der Waals surface area contributed by atoms with Gasteiger partial charge in [0.2, 0.25) is 0 Å². The molecule has 2 rings (SSSR count). The lowest BCUT2D eigenvalue weighted by Crippen LogP contribution is -2.28. The molecule has 0 saturated carbocycles. The predicted octanol–water partition coefficient (Wildman–Crippen LogP) is 10.5.